The van der Waals surface area contributed by atoms with Crippen LogP contribution in [0.25, 0.3) is 11.4 Å². The molecule has 1 aromatic carbocycles. The molecule has 1 heterocycles. The van der Waals surface area contributed by atoms with Gasteiger partial charge in [0, 0.05) is 10.6 Å². The maximum absolute atomic E-state index is 6.01. The lowest BCUT2D eigenvalue weighted by Crippen LogP contribution is -2.00. The molecule has 0 fully saturated rings. The van der Waals surface area contributed by atoms with E-state index in [2.05, 4.69) is 15.0 Å². The molecule has 2 N–H and O–H groups in total. The largest absolute Gasteiger partial charge is 0.368 e. The maximum atomic E-state index is 6.01. The van der Waals surface area contributed by atoms with Gasteiger partial charge in [-0.3, -0.25) is 0 Å². The number of anilines is 1. The SMILES string of the molecule is Cc1c(Cl)cccc1-c1nc(N)nc(Cl)n1. The van der Waals surface area contributed by atoms with Gasteiger partial charge in [-0.1, -0.05) is 23.7 Å². The van der Waals surface area contributed by atoms with Crippen molar-refractivity contribution in [2.24, 2.45) is 0 Å². The van der Waals surface area contributed by atoms with Crippen LogP contribution in [0, 0.1) is 6.92 Å². The molecule has 4 nitrogen and oxygen atoms in total. The molecule has 0 saturated heterocycles. The van der Waals surface area contributed by atoms with Crippen molar-refractivity contribution in [3.63, 3.8) is 0 Å². The summed E-state index contributed by atoms with van der Waals surface area (Å²) in [5.41, 5.74) is 7.18. The third-order valence-electron chi connectivity index (χ3n) is 2.13. The monoisotopic (exact) mass is 254 g/mol. The van der Waals surface area contributed by atoms with Crippen molar-refractivity contribution in [2.75, 3.05) is 5.73 Å². The van der Waals surface area contributed by atoms with Crippen LogP contribution in [0.3, 0.4) is 0 Å². The summed E-state index contributed by atoms with van der Waals surface area (Å²) in [4.78, 5) is 11.7. The summed E-state index contributed by atoms with van der Waals surface area (Å²) >= 11 is 11.7. The zero-order valence-corrected chi connectivity index (χ0v) is 9.92. The highest BCUT2D eigenvalue weighted by atomic mass is 35.5. The molecule has 0 unspecified atom stereocenters. The first-order valence-corrected chi connectivity index (χ1v) is 5.26. The summed E-state index contributed by atoms with van der Waals surface area (Å²) in [5.74, 6) is 0.520. The molecule has 2 aromatic rings. The summed E-state index contributed by atoms with van der Waals surface area (Å²) in [6, 6.07) is 5.47. The van der Waals surface area contributed by atoms with Gasteiger partial charge in [-0.05, 0) is 30.2 Å². The number of hydrogen-bond donors (Lipinski definition) is 1. The molecule has 0 radical (unpaired) electrons. The van der Waals surface area contributed by atoms with Gasteiger partial charge in [-0.15, -0.1) is 0 Å². The second kappa shape index (κ2) is 4.23. The van der Waals surface area contributed by atoms with Gasteiger partial charge in [-0.25, -0.2) is 0 Å². The van der Waals surface area contributed by atoms with E-state index >= 15 is 0 Å². The second-order valence-electron chi connectivity index (χ2n) is 3.20. The third-order valence-corrected chi connectivity index (χ3v) is 2.71. The predicted molar refractivity (Wildman–Crippen MR) is 64.4 cm³/mol. The van der Waals surface area contributed by atoms with Crippen molar-refractivity contribution >= 4 is 29.2 Å². The average molecular weight is 255 g/mol. The molecule has 2 rings (SSSR count). The van der Waals surface area contributed by atoms with Crippen molar-refractivity contribution < 1.29 is 0 Å². The van der Waals surface area contributed by atoms with Crippen LogP contribution in [0.4, 0.5) is 5.95 Å². The highest BCUT2D eigenvalue weighted by Crippen LogP contribution is 2.26. The molecule has 1 aromatic heterocycles. The number of hydrogen-bond acceptors (Lipinski definition) is 4. The fourth-order valence-electron chi connectivity index (χ4n) is 1.34. The molecule has 0 amide bonds. The number of nitrogens with zero attached hydrogens (tertiary/aromatic N) is 3. The summed E-state index contributed by atoms with van der Waals surface area (Å²) in [6.07, 6.45) is 0. The first kappa shape index (κ1) is 11.1. The van der Waals surface area contributed by atoms with Gasteiger partial charge >= 0.3 is 0 Å². The Kier molecular flexibility index (Phi) is 2.94. The summed E-state index contributed by atoms with van der Waals surface area (Å²) in [7, 11) is 0. The Bertz CT molecular complexity index is 522. The first-order chi connectivity index (χ1) is 7.58. The van der Waals surface area contributed by atoms with Crippen LogP contribution in [0.2, 0.25) is 10.3 Å². The molecule has 0 aliphatic heterocycles. The number of nitrogen functional groups attached to an aromatic ring is 1. The van der Waals surface area contributed by atoms with E-state index in [0.717, 1.165) is 11.1 Å². The summed E-state index contributed by atoms with van der Waals surface area (Å²) in [5, 5.41) is 0.717. The van der Waals surface area contributed by atoms with Crippen LogP contribution in [0.15, 0.2) is 18.2 Å². The van der Waals surface area contributed by atoms with Crippen LogP contribution < -0.4 is 5.73 Å². The van der Waals surface area contributed by atoms with Crippen molar-refractivity contribution in [1.82, 2.24) is 15.0 Å². The Labute approximate surface area is 102 Å². The van der Waals surface area contributed by atoms with Gasteiger partial charge in [0.1, 0.15) is 0 Å². The lowest BCUT2D eigenvalue weighted by molar-refractivity contribution is 1.07. The van der Waals surface area contributed by atoms with Gasteiger partial charge in [-0.2, -0.15) is 15.0 Å². The predicted octanol–water partition coefficient (Wildman–Crippen LogP) is 2.74. The van der Waals surface area contributed by atoms with Crippen LogP contribution in [0.5, 0.6) is 0 Å². The molecular formula is C10H8Cl2N4. The Morgan fingerprint density at radius 1 is 1.12 bits per heavy atom. The summed E-state index contributed by atoms with van der Waals surface area (Å²) < 4.78 is 0. The Morgan fingerprint density at radius 2 is 1.88 bits per heavy atom. The second-order valence-corrected chi connectivity index (χ2v) is 3.94. The van der Waals surface area contributed by atoms with E-state index in [1.54, 1.807) is 6.07 Å². The van der Waals surface area contributed by atoms with Crippen LogP contribution in [-0.2, 0) is 0 Å². The highest BCUT2D eigenvalue weighted by molar-refractivity contribution is 6.31. The fraction of sp³-hybridized carbons (Fsp3) is 0.100. The zero-order valence-electron chi connectivity index (χ0n) is 8.41. The molecule has 82 valence electrons. The van der Waals surface area contributed by atoms with Gasteiger partial charge in [0.15, 0.2) is 5.82 Å². The van der Waals surface area contributed by atoms with Crippen molar-refractivity contribution in [1.29, 1.82) is 0 Å². The Balaban J connectivity index is 2.63. The number of benzene rings is 1. The number of aromatic nitrogens is 3. The molecule has 0 bridgehead atoms. The van der Waals surface area contributed by atoms with Crippen molar-refractivity contribution in [2.45, 2.75) is 6.92 Å². The standard InChI is InChI=1S/C10H8Cl2N4/c1-5-6(3-2-4-7(5)11)8-14-9(12)16-10(13)15-8/h2-4H,1H3,(H2,13,14,15,16). The Hall–Kier alpha value is -1.39. The first-order valence-electron chi connectivity index (χ1n) is 4.50. The van der Waals surface area contributed by atoms with Gasteiger partial charge in [0.25, 0.3) is 0 Å². The smallest absolute Gasteiger partial charge is 0.227 e. The van der Waals surface area contributed by atoms with E-state index in [1.165, 1.54) is 0 Å². The Morgan fingerprint density at radius 3 is 2.56 bits per heavy atom. The minimum Gasteiger partial charge on any atom is -0.368 e. The fourth-order valence-corrected chi connectivity index (χ4v) is 1.68. The maximum Gasteiger partial charge on any atom is 0.227 e. The van der Waals surface area contributed by atoms with Crippen molar-refractivity contribution in [3.05, 3.63) is 34.1 Å². The highest BCUT2D eigenvalue weighted by Gasteiger charge is 2.09. The quantitative estimate of drug-likeness (QED) is 0.850. The number of nitrogens with two attached hydrogens (primary N) is 1. The minimum atomic E-state index is 0.0712. The van der Waals surface area contributed by atoms with E-state index in [4.69, 9.17) is 28.9 Å². The topological polar surface area (TPSA) is 64.7 Å². The minimum absolute atomic E-state index is 0.0712. The molecule has 16 heavy (non-hydrogen) atoms. The summed E-state index contributed by atoms with van der Waals surface area (Å²) in [6.45, 7) is 1.88. The van der Waals surface area contributed by atoms with Gasteiger partial charge in [0.05, 0.1) is 0 Å². The molecule has 6 heteroatoms. The van der Waals surface area contributed by atoms with Crippen LogP contribution >= 0.6 is 23.2 Å². The molecule has 0 saturated carbocycles. The van der Waals surface area contributed by atoms with E-state index in [-0.39, 0.29) is 11.2 Å². The van der Waals surface area contributed by atoms with E-state index < -0.39 is 0 Å². The molecule has 0 aliphatic rings. The van der Waals surface area contributed by atoms with E-state index in [0.29, 0.717) is 10.8 Å². The molecule has 0 atom stereocenters. The molecule has 0 aliphatic carbocycles. The third kappa shape index (κ3) is 2.08. The van der Waals surface area contributed by atoms with Gasteiger partial charge in [0.2, 0.25) is 11.2 Å². The normalized spacial score (nSPS) is 10.4. The average Bonchev–Trinajstić information content (AvgIpc) is 2.20. The van der Waals surface area contributed by atoms with Gasteiger partial charge < -0.3 is 5.73 Å². The van der Waals surface area contributed by atoms with E-state index in [1.807, 2.05) is 19.1 Å². The number of rotatable bonds is 1. The lowest BCUT2D eigenvalue weighted by Gasteiger charge is -2.06. The zero-order chi connectivity index (χ0) is 11.7. The number of halogens is 2. The molecular weight excluding hydrogens is 247 g/mol. The molecule has 0 spiro atoms. The lowest BCUT2D eigenvalue weighted by atomic mass is 10.1. The van der Waals surface area contributed by atoms with E-state index in [9.17, 15) is 0 Å². The van der Waals surface area contributed by atoms with Crippen molar-refractivity contribution in [3.8, 4) is 11.4 Å². The van der Waals surface area contributed by atoms with Crippen LogP contribution in [-0.4, -0.2) is 15.0 Å². The van der Waals surface area contributed by atoms with Crippen LogP contribution in [0.1, 0.15) is 5.56 Å².